The van der Waals surface area contributed by atoms with Gasteiger partial charge in [-0.25, -0.2) is 0 Å². The lowest BCUT2D eigenvalue weighted by Gasteiger charge is -2.25. The van der Waals surface area contributed by atoms with Crippen molar-refractivity contribution >= 4 is 5.91 Å². The number of aromatic nitrogens is 1. The number of rotatable bonds is 4. The van der Waals surface area contributed by atoms with Gasteiger partial charge < -0.3 is 4.90 Å². The first-order valence-electron chi connectivity index (χ1n) is 8.17. The quantitative estimate of drug-likeness (QED) is 0.848. The average molecular weight is 285 g/mol. The van der Waals surface area contributed by atoms with E-state index in [1.807, 2.05) is 25.1 Å². The first-order valence-corrected chi connectivity index (χ1v) is 8.17. The maximum Gasteiger partial charge on any atom is 0.224 e. The number of fused-ring (bicyclic) bond motifs is 1. The second kappa shape index (κ2) is 5.09. The van der Waals surface area contributed by atoms with Gasteiger partial charge in [0.1, 0.15) is 0 Å². The number of amides is 1. The third-order valence-electron chi connectivity index (χ3n) is 5.20. The summed E-state index contributed by atoms with van der Waals surface area (Å²) in [5.41, 5.74) is 2.04. The summed E-state index contributed by atoms with van der Waals surface area (Å²) in [5.74, 6) is 1.22. The number of carbonyl (C=O) groups is 1. The Labute approximate surface area is 126 Å². The van der Waals surface area contributed by atoms with E-state index in [4.69, 9.17) is 0 Å². The van der Waals surface area contributed by atoms with E-state index in [1.54, 1.807) is 0 Å². The van der Waals surface area contributed by atoms with Crippen molar-refractivity contribution in [1.82, 2.24) is 14.8 Å². The van der Waals surface area contributed by atoms with Crippen molar-refractivity contribution < 1.29 is 4.79 Å². The summed E-state index contributed by atoms with van der Waals surface area (Å²) >= 11 is 0. The van der Waals surface area contributed by atoms with Gasteiger partial charge in [0.25, 0.3) is 0 Å². The summed E-state index contributed by atoms with van der Waals surface area (Å²) in [7, 11) is 0. The zero-order valence-electron chi connectivity index (χ0n) is 12.7. The molecule has 0 radical (unpaired) electrons. The van der Waals surface area contributed by atoms with E-state index in [9.17, 15) is 4.79 Å². The molecule has 3 fully saturated rings. The molecule has 1 aliphatic carbocycles. The molecule has 4 rings (SSSR count). The molecule has 21 heavy (non-hydrogen) atoms. The standard InChI is InChI=1S/C17H23N3O/c1-12-3-2-4-14(18-12)11-20-15-7-8-19(10-13-5-6-13)16(15)9-17(20)21/h2-4,13,15-16H,5-11H2,1H3/t15-,16+/m1/s1. The van der Waals surface area contributed by atoms with Crippen LogP contribution >= 0.6 is 0 Å². The molecule has 112 valence electrons. The van der Waals surface area contributed by atoms with Crippen molar-refractivity contribution in [3.8, 4) is 0 Å². The summed E-state index contributed by atoms with van der Waals surface area (Å²) in [6, 6.07) is 6.95. The molecule has 2 atom stereocenters. The molecule has 2 saturated heterocycles. The average Bonchev–Trinajstić information content (AvgIpc) is 3.12. The lowest BCUT2D eigenvalue weighted by Crippen LogP contribution is -2.37. The van der Waals surface area contributed by atoms with E-state index >= 15 is 0 Å². The summed E-state index contributed by atoms with van der Waals surface area (Å²) in [6.45, 7) is 5.06. The second-order valence-electron chi connectivity index (χ2n) is 6.86. The maximum atomic E-state index is 12.4. The number of aryl methyl sites for hydroxylation is 1. The van der Waals surface area contributed by atoms with E-state index in [2.05, 4.69) is 14.8 Å². The Morgan fingerprint density at radius 1 is 1.24 bits per heavy atom. The summed E-state index contributed by atoms with van der Waals surface area (Å²) < 4.78 is 0. The number of carbonyl (C=O) groups excluding carboxylic acids is 1. The van der Waals surface area contributed by atoms with Gasteiger partial charge in [-0.05, 0) is 44.2 Å². The lowest BCUT2D eigenvalue weighted by molar-refractivity contribution is -0.129. The molecule has 1 aromatic heterocycles. The van der Waals surface area contributed by atoms with Crippen LogP contribution in [0.25, 0.3) is 0 Å². The molecule has 1 aromatic rings. The molecule has 0 unspecified atom stereocenters. The van der Waals surface area contributed by atoms with Crippen LogP contribution in [0, 0.1) is 12.8 Å². The smallest absolute Gasteiger partial charge is 0.224 e. The normalized spacial score (nSPS) is 29.2. The Bertz CT molecular complexity index is 555. The van der Waals surface area contributed by atoms with E-state index < -0.39 is 0 Å². The molecule has 1 amide bonds. The first-order chi connectivity index (χ1) is 10.2. The van der Waals surface area contributed by atoms with E-state index in [1.165, 1.54) is 19.4 Å². The van der Waals surface area contributed by atoms with Gasteiger partial charge in [-0.2, -0.15) is 0 Å². The number of nitrogens with zero attached hydrogens (tertiary/aromatic N) is 3. The Morgan fingerprint density at radius 3 is 2.86 bits per heavy atom. The van der Waals surface area contributed by atoms with Crippen molar-refractivity contribution in [3.05, 3.63) is 29.6 Å². The Kier molecular flexibility index (Phi) is 3.21. The molecule has 0 N–H and O–H groups in total. The molecule has 0 spiro atoms. The van der Waals surface area contributed by atoms with Gasteiger partial charge >= 0.3 is 0 Å². The zero-order chi connectivity index (χ0) is 14.4. The van der Waals surface area contributed by atoms with Crippen LogP contribution in [0.15, 0.2) is 18.2 Å². The van der Waals surface area contributed by atoms with Gasteiger partial charge in [0, 0.05) is 37.3 Å². The van der Waals surface area contributed by atoms with Crippen molar-refractivity contribution in [1.29, 1.82) is 0 Å². The van der Waals surface area contributed by atoms with E-state index in [-0.39, 0.29) is 0 Å². The van der Waals surface area contributed by atoms with E-state index in [0.29, 0.717) is 31.0 Å². The van der Waals surface area contributed by atoms with Crippen LogP contribution in [0.1, 0.15) is 37.1 Å². The van der Waals surface area contributed by atoms with Gasteiger partial charge in [-0.15, -0.1) is 0 Å². The van der Waals surface area contributed by atoms with Crippen LogP contribution in [0.5, 0.6) is 0 Å². The molecule has 0 bridgehead atoms. The van der Waals surface area contributed by atoms with Crippen LogP contribution in [0.4, 0.5) is 0 Å². The Hall–Kier alpha value is -1.42. The van der Waals surface area contributed by atoms with Gasteiger partial charge in [-0.3, -0.25) is 14.7 Å². The van der Waals surface area contributed by atoms with Crippen molar-refractivity contribution in [2.24, 2.45) is 5.92 Å². The predicted octanol–water partition coefficient (Wildman–Crippen LogP) is 1.98. The minimum atomic E-state index is 0.314. The highest BCUT2D eigenvalue weighted by Gasteiger charge is 2.47. The Balaban J connectivity index is 1.47. The highest BCUT2D eigenvalue weighted by atomic mass is 16.2. The van der Waals surface area contributed by atoms with Crippen molar-refractivity contribution in [3.63, 3.8) is 0 Å². The molecule has 3 aliphatic rings. The molecule has 1 saturated carbocycles. The monoisotopic (exact) mass is 285 g/mol. The number of likely N-dealkylation sites (tertiary alicyclic amines) is 2. The van der Waals surface area contributed by atoms with Gasteiger partial charge in [0.2, 0.25) is 5.91 Å². The molecular weight excluding hydrogens is 262 g/mol. The van der Waals surface area contributed by atoms with Crippen LogP contribution in [0.2, 0.25) is 0 Å². The largest absolute Gasteiger partial charge is 0.332 e. The van der Waals surface area contributed by atoms with Crippen molar-refractivity contribution in [2.75, 3.05) is 13.1 Å². The number of hydrogen-bond acceptors (Lipinski definition) is 3. The molecule has 2 aliphatic heterocycles. The third kappa shape index (κ3) is 2.57. The fraction of sp³-hybridized carbons (Fsp3) is 0.647. The highest BCUT2D eigenvalue weighted by molar-refractivity contribution is 5.80. The van der Waals surface area contributed by atoms with Crippen LogP contribution in [-0.4, -0.2) is 45.9 Å². The third-order valence-corrected chi connectivity index (χ3v) is 5.20. The lowest BCUT2D eigenvalue weighted by atomic mass is 10.1. The van der Waals surface area contributed by atoms with Crippen LogP contribution < -0.4 is 0 Å². The van der Waals surface area contributed by atoms with Gasteiger partial charge in [-0.1, -0.05) is 6.07 Å². The van der Waals surface area contributed by atoms with Gasteiger partial charge in [0.15, 0.2) is 0 Å². The maximum absolute atomic E-state index is 12.4. The topological polar surface area (TPSA) is 36.4 Å². The Morgan fingerprint density at radius 2 is 2.10 bits per heavy atom. The second-order valence-corrected chi connectivity index (χ2v) is 6.86. The SMILES string of the molecule is Cc1cccc(CN2C(=O)C[C@H]3[C@H]2CCN3CC2CC2)n1. The molecule has 4 heteroatoms. The van der Waals surface area contributed by atoms with Crippen LogP contribution in [0.3, 0.4) is 0 Å². The summed E-state index contributed by atoms with van der Waals surface area (Å²) in [5, 5.41) is 0. The summed E-state index contributed by atoms with van der Waals surface area (Å²) in [6.07, 6.45) is 4.62. The fourth-order valence-corrected chi connectivity index (χ4v) is 3.94. The fourth-order valence-electron chi connectivity index (χ4n) is 3.94. The zero-order valence-corrected chi connectivity index (χ0v) is 12.7. The highest BCUT2D eigenvalue weighted by Crippen LogP contribution is 2.37. The predicted molar refractivity (Wildman–Crippen MR) is 80.6 cm³/mol. The number of hydrogen-bond donors (Lipinski definition) is 0. The molecular formula is C17H23N3O. The number of pyridine rings is 1. The minimum Gasteiger partial charge on any atom is -0.332 e. The van der Waals surface area contributed by atoms with E-state index in [0.717, 1.165) is 30.3 Å². The molecule has 3 heterocycles. The molecule has 0 aromatic carbocycles. The first kappa shape index (κ1) is 13.3. The van der Waals surface area contributed by atoms with Gasteiger partial charge in [0.05, 0.1) is 12.2 Å². The molecule has 4 nitrogen and oxygen atoms in total. The summed E-state index contributed by atoms with van der Waals surface area (Å²) in [4.78, 5) is 21.6. The van der Waals surface area contributed by atoms with Crippen LogP contribution in [-0.2, 0) is 11.3 Å². The minimum absolute atomic E-state index is 0.314. The van der Waals surface area contributed by atoms with Crippen molar-refractivity contribution in [2.45, 2.75) is 51.2 Å².